The van der Waals surface area contributed by atoms with E-state index in [9.17, 15) is 10.4 Å². The molecular formula is C15H15N3O. The highest BCUT2D eigenvalue weighted by atomic mass is 16.3. The van der Waals surface area contributed by atoms with E-state index in [1.54, 1.807) is 0 Å². The monoisotopic (exact) mass is 253 g/mol. The summed E-state index contributed by atoms with van der Waals surface area (Å²) in [6.45, 7) is 1.03. The largest absolute Gasteiger partial charge is 0.394 e. The molecule has 1 aliphatic heterocycles. The summed E-state index contributed by atoms with van der Waals surface area (Å²) < 4.78 is 0. The number of benzene rings is 1. The summed E-state index contributed by atoms with van der Waals surface area (Å²) in [5.41, 5.74) is 1.48. The van der Waals surface area contributed by atoms with Crippen molar-refractivity contribution in [3.63, 3.8) is 0 Å². The number of aromatic nitrogens is 1. The number of nitriles is 1. The molecule has 4 heteroatoms. The molecule has 3 rings (SSSR count). The van der Waals surface area contributed by atoms with Gasteiger partial charge in [0.15, 0.2) is 0 Å². The zero-order valence-electron chi connectivity index (χ0n) is 10.6. The minimum atomic E-state index is 0.125. The van der Waals surface area contributed by atoms with E-state index < -0.39 is 0 Å². The molecule has 1 aliphatic rings. The van der Waals surface area contributed by atoms with Gasteiger partial charge in [-0.2, -0.15) is 5.26 Å². The molecule has 1 atom stereocenters. The van der Waals surface area contributed by atoms with Gasteiger partial charge in [-0.15, -0.1) is 0 Å². The summed E-state index contributed by atoms with van der Waals surface area (Å²) in [6, 6.07) is 11.9. The zero-order valence-corrected chi connectivity index (χ0v) is 10.6. The lowest BCUT2D eigenvalue weighted by molar-refractivity contribution is 0.266. The molecule has 0 amide bonds. The summed E-state index contributed by atoms with van der Waals surface area (Å²) in [4.78, 5) is 6.73. The fraction of sp³-hybridized carbons (Fsp3) is 0.333. The average Bonchev–Trinajstić information content (AvgIpc) is 2.94. The minimum Gasteiger partial charge on any atom is -0.394 e. The molecule has 4 nitrogen and oxygen atoms in total. The normalized spacial score (nSPS) is 18.7. The molecule has 0 bridgehead atoms. The number of rotatable bonds is 2. The van der Waals surface area contributed by atoms with Crippen LogP contribution in [0.4, 0.5) is 5.82 Å². The molecule has 0 unspecified atom stereocenters. The maximum atomic E-state index is 9.40. The third-order valence-corrected chi connectivity index (χ3v) is 3.71. The van der Waals surface area contributed by atoms with E-state index in [1.165, 1.54) is 0 Å². The molecule has 96 valence electrons. The lowest BCUT2D eigenvalue weighted by Crippen LogP contribution is -2.32. The van der Waals surface area contributed by atoms with E-state index in [-0.39, 0.29) is 12.6 Å². The van der Waals surface area contributed by atoms with Gasteiger partial charge in [-0.05, 0) is 25.0 Å². The van der Waals surface area contributed by atoms with Crippen molar-refractivity contribution in [3.8, 4) is 6.07 Å². The molecule has 2 heterocycles. The number of fused-ring (bicyclic) bond motifs is 1. The second-order valence-electron chi connectivity index (χ2n) is 4.83. The van der Waals surface area contributed by atoms with E-state index in [1.807, 2.05) is 30.3 Å². The molecule has 0 saturated carbocycles. The van der Waals surface area contributed by atoms with Crippen LogP contribution in [-0.4, -0.2) is 29.3 Å². The highest BCUT2D eigenvalue weighted by Gasteiger charge is 2.25. The molecule has 1 N–H and O–H groups in total. The second-order valence-corrected chi connectivity index (χ2v) is 4.83. The van der Waals surface area contributed by atoms with Gasteiger partial charge in [-0.1, -0.05) is 18.2 Å². The number of nitrogens with zero attached hydrogens (tertiary/aromatic N) is 3. The number of anilines is 1. The van der Waals surface area contributed by atoms with Gasteiger partial charge in [0.2, 0.25) is 0 Å². The van der Waals surface area contributed by atoms with Crippen molar-refractivity contribution in [2.45, 2.75) is 18.9 Å². The molecule has 0 spiro atoms. The van der Waals surface area contributed by atoms with Gasteiger partial charge in [0.1, 0.15) is 5.82 Å². The second kappa shape index (κ2) is 4.87. The third-order valence-electron chi connectivity index (χ3n) is 3.71. The van der Waals surface area contributed by atoms with Crippen LogP contribution >= 0.6 is 0 Å². The first-order chi connectivity index (χ1) is 9.33. The number of para-hydroxylation sites is 1. The van der Waals surface area contributed by atoms with Crippen molar-refractivity contribution in [2.24, 2.45) is 0 Å². The SMILES string of the molecule is N#Cc1cc(N2CCC[C@@H]2CO)nc2ccccc12. The van der Waals surface area contributed by atoms with Gasteiger partial charge in [-0.3, -0.25) is 0 Å². The standard InChI is InChI=1S/C15H15N3O/c16-9-11-8-15(18-7-3-4-12(18)10-19)17-14-6-2-1-5-13(11)14/h1-2,5-6,8,12,19H,3-4,7,10H2/t12-/m1/s1. The Morgan fingerprint density at radius 2 is 2.26 bits per heavy atom. The number of aliphatic hydroxyl groups excluding tert-OH is 1. The van der Waals surface area contributed by atoms with Crippen LogP contribution in [0.25, 0.3) is 10.9 Å². The first-order valence-electron chi connectivity index (χ1n) is 6.51. The molecule has 1 saturated heterocycles. The van der Waals surface area contributed by atoms with Crippen LogP contribution in [0.5, 0.6) is 0 Å². The average molecular weight is 253 g/mol. The molecule has 19 heavy (non-hydrogen) atoms. The molecule has 1 fully saturated rings. The number of hydrogen-bond acceptors (Lipinski definition) is 4. The fourth-order valence-electron chi connectivity index (χ4n) is 2.73. The van der Waals surface area contributed by atoms with Crippen molar-refractivity contribution in [2.75, 3.05) is 18.1 Å². The van der Waals surface area contributed by atoms with Crippen molar-refractivity contribution in [1.29, 1.82) is 5.26 Å². The van der Waals surface area contributed by atoms with Crippen molar-refractivity contribution < 1.29 is 5.11 Å². The van der Waals surface area contributed by atoms with E-state index >= 15 is 0 Å². The Hall–Kier alpha value is -2.12. The van der Waals surface area contributed by atoms with Crippen LogP contribution in [0.1, 0.15) is 18.4 Å². The Balaban J connectivity index is 2.12. The molecule has 1 aromatic heterocycles. The smallest absolute Gasteiger partial charge is 0.130 e. The Kier molecular flexibility index (Phi) is 3.06. The predicted octanol–water partition coefficient (Wildman–Crippen LogP) is 2.07. The lowest BCUT2D eigenvalue weighted by Gasteiger charge is -2.24. The van der Waals surface area contributed by atoms with Crippen LogP contribution in [-0.2, 0) is 0 Å². The molecule has 0 radical (unpaired) electrons. The maximum absolute atomic E-state index is 9.40. The highest BCUT2D eigenvalue weighted by Crippen LogP contribution is 2.27. The highest BCUT2D eigenvalue weighted by molar-refractivity contribution is 5.86. The summed E-state index contributed by atoms with van der Waals surface area (Å²) in [5, 5.41) is 19.6. The van der Waals surface area contributed by atoms with Crippen molar-refractivity contribution in [1.82, 2.24) is 4.98 Å². The van der Waals surface area contributed by atoms with Crippen LogP contribution < -0.4 is 4.90 Å². The predicted molar refractivity (Wildman–Crippen MR) is 73.9 cm³/mol. The van der Waals surface area contributed by atoms with E-state index in [0.29, 0.717) is 5.56 Å². The van der Waals surface area contributed by atoms with Crippen molar-refractivity contribution in [3.05, 3.63) is 35.9 Å². The van der Waals surface area contributed by atoms with Gasteiger partial charge < -0.3 is 10.0 Å². The Morgan fingerprint density at radius 3 is 3.05 bits per heavy atom. The minimum absolute atomic E-state index is 0.125. The first-order valence-corrected chi connectivity index (χ1v) is 6.51. The van der Waals surface area contributed by atoms with Gasteiger partial charge in [0, 0.05) is 11.9 Å². The van der Waals surface area contributed by atoms with Crippen LogP contribution in [0.2, 0.25) is 0 Å². The zero-order chi connectivity index (χ0) is 13.2. The summed E-state index contributed by atoms with van der Waals surface area (Å²) in [5.74, 6) is 0.798. The van der Waals surface area contributed by atoms with Crippen LogP contribution in [0, 0.1) is 11.3 Å². The van der Waals surface area contributed by atoms with E-state index in [0.717, 1.165) is 36.1 Å². The molecular weight excluding hydrogens is 238 g/mol. The van der Waals surface area contributed by atoms with Gasteiger partial charge in [-0.25, -0.2) is 4.98 Å². The number of aliphatic hydroxyl groups is 1. The Labute approximate surface area is 111 Å². The first kappa shape index (κ1) is 11.9. The summed E-state index contributed by atoms with van der Waals surface area (Å²) in [7, 11) is 0. The molecule has 0 aliphatic carbocycles. The van der Waals surface area contributed by atoms with Crippen LogP contribution in [0.3, 0.4) is 0 Å². The van der Waals surface area contributed by atoms with Crippen molar-refractivity contribution >= 4 is 16.7 Å². The maximum Gasteiger partial charge on any atom is 0.130 e. The number of pyridine rings is 1. The lowest BCUT2D eigenvalue weighted by atomic mass is 10.1. The molecule has 1 aromatic carbocycles. The molecule has 2 aromatic rings. The van der Waals surface area contributed by atoms with E-state index in [4.69, 9.17) is 0 Å². The van der Waals surface area contributed by atoms with Crippen LogP contribution in [0.15, 0.2) is 30.3 Å². The van der Waals surface area contributed by atoms with Gasteiger partial charge >= 0.3 is 0 Å². The Morgan fingerprint density at radius 1 is 1.42 bits per heavy atom. The Bertz CT molecular complexity index is 647. The topological polar surface area (TPSA) is 60.2 Å². The van der Waals surface area contributed by atoms with Gasteiger partial charge in [0.25, 0.3) is 0 Å². The van der Waals surface area contributed by atoms with Gasteiger partial charge in [0.05, 0.1) is 29.8 Å². The quantitative estimate of drug-likeness (QED) is 0.890. The van der Waals surface area contributed by atoms with E-state index in [2.05, 4.69) is 16.0 Å². The summed E-state index contributed by atoms with van der Waals surface area (Å²) >= 11 is 0. The number of hydrogen-bond donors (Lipinski definition) is 1. The third kappa shape index (κ3) is 2.02. The fourth-order valence-corrected chi connectivity index (χ4v) is 2.73. The summed E-state index contributed by atoms with van der Waals surface area (Å²) in [6.07, 6.45) is 2.04.